The van der Waals surface area contributed by atoms with Crippen LogP contribution < -0.4 is 23.4 Å². The number of nitrogens with one attached hydrogen (secondary N) is 1. The van der Waals surface area contributed by atoms with Crippen molar-refractivity contribution in [2.75, 3.05) is 0 Å². The SMILES string of the molecule is Cl.Cl.N.NNN. The van der Waals surface area contributed by atoms with Crippen LogP contribution in [0.5, 0.6) is 0 Å². The molecular formula is H10Cl2N4. The van der Waals surface area contributed by atoms with Crippen LogP contribution in [0.4, 0.5) is 0 Å². The van der Waals surface area contributed by atoms with E-state index in [2.05, 4.69) is 11.7 Å². The van der Waals surface area contributed by atoms with Crippen molar-refractivity contribution in [3.63, 3.8) is 0 Å². The molecule has 4 nitrogen and oxygen atoms in total. The maximum Gasteiger partial charge on any atom is -0.147 e. The van der Waals surface area contributed by atoms with Crippen LogP contribution in [0.3, 0.4) is 0 Å². The molecule has 0 saturated carbocycles. The van der Waals surface area contributed by atoms with Crippen LogP contribution in [0.25, 0.3) is 0 Å². The molecule has 0 saturated heterocycles. The van der Waals surface area contributed by atoms with Gasteiger partial charge in [-0.25, -0.2) is 0 Å². The smallest absolute Gasteiger partial charge is 0.147 e. The second-order valence-corrected chi connectivity index (χ2v) is 0.167. The average Bonchev–Trinajstić information content (AvgIpc) is 0.918. The molecule has 0 aliphatic carbocycles. The van der Waals surface area contributed by atoms with Crippen LogP contribution in [0.15, 0.2) is 0 Å². The first kappa shape index (κ1) is 32.2. The van der Waals surface area contributed by atoms with E-state index < -0.39 is 0 Å². The quantitative estimate of drug-likeness (QED) is 0.262. The van der Waals surface area contributed by atoms with Crippen molar-refractivity contribution in [2.24, 2.45) is 11.7 Å². The summed E-state index contributed by atoms with van der Waals surface area (Å²) in [5, 5.41) is 0. The summed E-state index contributed by atoms with van der Waals surface area (Å²) in [5.41, 5.74) is 1.75. The molecule has 8 N–H and O–H groups in total. The lowest BCUT2D eigenvalue weighted by atomic mass is 12.6. The number of nitrogens with two attached hydrogens (primary N) is 2. The van der Waals surface area contributed by atoms with E-state index in [1.54, 1.807) is 5.53 Å². The molecule has 0 radical (unpaired) electrons. The Hall–Kier alpha value is 0.420. The van der Waals surface area contributed by atoms with Crippen LogP contribution >= 0.6 is 24.8 Å². The van der Waals surface area contributed by atoms with Gasteiger partial charge >= 0.3 is 0 Å². The summed E-state index contributed by atoms with van der Waals surface area (Å²) in [6.45, 7) is 0. The van der Waals surface area contributed by atoms with Crippen molar-refractivity contribution in [1.82, 2.24) is 11.7 Å². The van der Waals surface area contributed by atoms with E-state index in [0.717, 1.165) is 0 Å². The topological polar surface area (TPSA) is 99.1 Å². The molecule has 6 heteroatoms. The molecule has 0 bridgehead atoms. The minimum Gasteiger partial charge on any atom is -0.344 e. The summed E-state index contributed by atoms with van der Waals surface area (Å²) in [6.07, 6.45) is 0. The molecule has 0 amide bonds. The van der Waals surface area contributed by atoms with Gasteiger partial charge in [-0.15, -0.1) is 24.8 Å². The van der Waals surface area contributed by atoms with Crippen LogP contribution in [0.1, 0.15) is 0 Å². The Balaban J connectivity index is -0.00000000667. The predicted octanol–water partition coefficient (Wildman–Crippen LogP) is -0.671. The van der Waals surface area contributed by atoms with Crippen LogP contribution in [-0.2, 0) is 0 Å². The molecule has 0 unspecified atom stereocenters. The Morgan fingerprint density at radius 3 is 1.00 bits per heavy atom. The standard InChI is InChI=1S/2ClH.H5N3.H3N/c;;1-3-2;/h2*1H;3H,1-2H2;1H3. The maximum atomic E-state index is 4.38. The summed E-state index contributed by atoms with van der Waals surface area (Å²) in [6, 6.07) is 0. The highest BCUT2D eigenvalue weighted by molar-refractivity contribution is 5.85. The van der Waals surface area contributed by atoms with Crippen LogP contribution in [0, 0.1) is 0 Å². The van der Waals surface area contributed by atoms with Crippen molar-refractivity contribution in [2.45, 2.75) is 0 Å². The fourth-order valence-electron chi connectivity index (χ4n) is 0. The van der Waals surface area contributed by atoms with Gasteiger partial charge in [-0.2, -0.15) is 5.53 Å². The van der Waals surface area contributed by atoms with E-state index >= 15 is 0 Å². The lowest BCUT2D eigenvalue weighted by molar-refractivity contribution is 0.803. The lowest BCUT2D eigenvalue weighted by Gasteiger charge is -1.64. The van der Waals surface area contributed by atoms with E-state index in [1.807, 2.05) is 0 Å². The average molecular weight is 137 g/mol. The first-order chi connectivity index (χ1) is 1.41. The predicted molar refractivity (Wildman–Crippen MR) is 31.0 cm³/mol. The minimum absolute atomic E-state index is 0. The first-order valence-corrected chi connectivity index (χ1v) is 0.577. The molecule has 0 aromatic carbocycles. The van der Waals surface area contributed by atoms with Crippen molar-refractivity contribution >= 4 is 24.8 Å². The third kappa shape index (κ3) is 293. The van der Waals surface area contributed by atoms with Crippen molar-refractivity contribution in [3.05, 3.63) is 0 Å². The number of hydrogen-bond acceptors (Lipinski definition) is 4. The Bertz CT molecular complexity index is 5.51. The van der Waals surface area contributed by atoms with Crippen LogP contribution in [0.2, 0.25) is 0 Å². The maximum absolute atomic E-state index is 4.38. The second-order valence-electron chi connectivity index (χ2n) is 0.167. The van der Waals surface area contributed by atoms with Crippen molar-refractivity contribution < 1.29 is 0 Å². The molecule has 0 aromatic heterocycles. The molecule has 0 heterocycles. The molecule has 44 valence electrons. The minimum atomic E-state index is 0. The lowest BCUT2D eigenvalue weighted by Crippen LogP contribution is -2.29. The molecule has 0 aromatic rings. The van der Waals surface area contributed by atoms with Gasteiger partial charge in [0, 0.05) is 0 Å². The third-order valence-electron chi connectivity index (χ3n) is 0. The van der Waals surface area contributed by atoms with Gasteiger partial charge in [0.2, 0.25) is 0 Å². The second kappa shape index (κ2) is 52.5. The molecule has 6 heavy (non-hydrogen) atoms. The van der Waals surface area contributed by atoms with Gasteiger partial charge in [-0.1, -0.05) is 0 Å². The molecule has 0 atom stereocenters. The number of halogens is 2. The highest BCUT2D eigenvalue weighted by Gasteiger charge is 1.19. The zero-order valence-corrected chi connectivity index (χ0v) is 4.81. The summed E-state index contributed by atoms with van der Waals surface area (Å²) >= 11 is 0. The molecule has 0 spiro atoms. The van der Waals surface area contributed by atoms with E-state index in [9.17, 15) is 0 Å². The molecule has 0 fully saturated rings. The molecule has 0 aliphatic heterocycles. The van der Waals surface area contributed by atoms with Gasteiger partial charge < -0.3 is 6.15 Å². The monoisotopic (exact) mass is 136 g/mol. The normalized spacial score (nSPS) is 3.00. The highest BCUT2D eigenvalue weighted by atomic mass is 35.5. The Morgan fingerprint density at radius 2 is 1.00 bits per heavy atom. The molecule has 0 aliphatic rings. The summed E-state index contributed by atoms with van der Waals surface area (Å²) < 4.78 is 0. The zero-order chi connectivity index (χ0) is 2.71. The summed E-state index contributed by atoms with van der Waals surface area (Å²) in [4.78, 5) is 0. The van der Waals surface area contributed by atoms with Gasteiger partial charge in [0.05, 0.1) is 0 Å². The number of hydrogen-bond donors (Lipinski definition) is 4. The summed E-state index contributed by atoms with van der Waals surface area (Å²) in [5.74, 6) is 8.75. The molecular weight excluding hydrogens is 127 g/mol. The highest BCUT2D eigenvalue weighted by Crippen LogP contribution is 0.691. The third-order valence-corrected chi connectivity index (χ3v) is 0. The Labute approximate surface area is 49.0 Å². The van der Waals surface area contributed by atoms with Gasteiger partial charge in [0.25, 0.3) is 0 Å². The van der Waals surface area contributed by atoms with Gasteiger partial charge in [-0.3, -0.25) is 11.7 Å². The first-order valence-electron chi connectivity index (χ1n) is 0.577. The summed E-state index contributed by atoms with van der Waals surface area (Å²) in [7, 11) is 0. The van der Waals surface area contributed by atoms with Gasteiger partial charge in [0.15, 0.2) is 0 Å². The van der Waals surface area contributed by atoms with Crippen LogP contribution in [-0.4, -0.2) is 0 Å². The molecule has 0 rings (SSSR count). The van der Waals surface area contributed by atoms with E-state index in [1.165, 1.54) is 0 Å². The zero-order valence-electron chi connectivity index (χ0n) is 3.18. The fraction of sp³-hybridized carbons (Fsp3) is 0. The van der Waals surface area contributed by atoms with Gasteiger partial charge in [0.1, 0.15) is 0 Å². The van der Waals surface area contributed by atoms with Gasteiger partial charge in [-0.05, 0) is 0 Å². The largest absolute Gasteiger partial charge is 0.344 e. The van der Waals surface area contributed by atoms with Crippen molar-refractivity contribution in [3.8, 4) is 0 Å². The van der Waals surface area contributed by atoms with E-state index in [4.69, 9.17) is 0 Å². The van der Waals surface area contributed by atoms with E-state index in [0.29, 0.717) is 0 Å². The number of rotatable bonds is 0. The fourth-order valence-corrected chi connectivity index (χ4v) is 0. The van der Waals surface area contributed by atoms with E-state index in [-0.39, 0.29) is 31.0 Å². The van der Waals surface area contributed by atoms with Crippen molar-refractivity contribution in [1.29, 1.82) is 0 Å². The Morgan fingerprint density at radius 1 is 1.00 bits per heavy atom. The number of hydrazine groups is 2. The Kier molecular flexibility index (Phi) is 282.